The number of hydrogen-bond donors (Lipinski definition) is 1. The van der Waals surface area contributed by atoms with Gasteiger partial charge < -0.3 is 24.4 Å². The van der Waals surface area contributed by atoms with Crippen molar-refractivity contribution in [1.29, 1.82) is 0 Å². The molecule has 7 heteroatoms. The van der Waals surface area contributed by atoms with E-state index in [1.807, 2.05) is 25.3 Å². The van der Waals surface area contributed by atoms with Gasteiger partial charge in [0.1, 0.15) is 0 Å². The predicted octanol–water partition coefficient (Wildman–Crippen LogP) is 4.13. The first-order chi connectivity index (χ1) is 13.1. The zero-order valence-electron chi connectivity index (χ0n) is 17.9. The van der Waals surface area contributed by atoms with Crippen LogP contribution in [0, 0.1) is 0 Å². The van der Waals surface area contributed by atoms with Gasteiger partial charge in [-0.25, -0.2) is 0 Å². The third kappa shape index (κ3) is 8.16. The fourth-order valence-corrected chi connectivity index (χ4v) is 2.97. The molecule has 6 nitrogen and oxygen atoms in total. The molecule has 0 radical (unpaired) electrons. The lowest BCUT2D eigenvalue weighted by molar-refractivity contribution is 0.322. The Morgan fingerprint density at radius 1 is 1.11 bits per heavy atom. The lowest BCUT2D eigenvalue weighted by Gasteiger charge is -2.22. The molecule has 28 heavy (non-hydrogen) atoms. The second-order valence-corrected chi connectivity index (χ2v) is 6.28. The Kier molecular flexibility index (Phi) is 14.4. The van der Waals surface area contributed by atoms with Crippen LogP contribution in [0.5, 0.6) is 17.2 Å². The Morgan fingerprint density at radius 3 is 2.39 bits per heavy atom. The fraction of sp³-hybridized carbons (Fsp3) is 0.571. The summed E-state index contributed by atoms with van der Waals surface area (Å²) in [5, 5.41) is 3.42. The molecule has 1 rings (SSSR count). The fourth-order valence-electron chi connectivity index (χ4n) is 2.97. The van der Waals surface area contributed by atoms with Crippen molar-refractivity contribution in [2.45, 2.75) is 32.1 Å². The number of methoxy groups -OCH3 is 3. The summed E-state index contributed by atoms with van der Waals surface area (Å²) in [4.78, 5) is 6.54. The van der Waals surface area contributed by atoms with Gasteiger partial charge in [0.25, 0.3) is 0 Å². The van der Waals surface area contributed by atoms with E-state index in [0.29, 0.717) is 17.2 Å². The topological polar surface area (TPSA) is 55.3 Å². The number of benzene rings is 1. The molecule has 0 aliphatic carbocycles. The Labute approximate surface area is 187 Å². The first-order valence-corrected chi connectivity index (χ1v) is 9.43. The molecule has 0 saturated heterocycles. The highest BCUT2D eigenvalue weighted by Gasteiger charge is 2.15. The van der Waals surface area contributed by atoms with Crippen molar-refractivity contribution in [2.75, 3.05) is 48.5 Å². The number of rotatable bonds is 12. The maximum Gasteiger partial charge on any atom is 0.203 e. The van der Waals surface area contributed by atoms with Crippen LogP contribution in [0.4, 0.5) is 0 Å². The van der Waals surface area contributed by atoms with Crippen molar-refractivity contribution >= 4 is 29.9 Å². The van der Waals surface area contributed by atoms with Gasteiger partial charge in [0.2, 0.25) is 5.75 Å². The van der Waals surface area contributed by atoms with E-state index in [2.05, 4.69) is 28.8 Å². The van der Waals surface area contributed by atoms with E-state index in [-0.39, 0.29) is 24.0 Å². The molecule has 0 heterocycles. The Hall–Kier alpha value is -1.64. The molecular weight excluding hydrogens is 469 g/mol. The molecule has 0 fully saturated rings. The number of hydrogen-bond acceptors (Lipinski definition) is 4. The summed E-state index contributed by atoms with van der Waals surface area (Å²) >= 11 is 0. The van der Waals surface area contributed by atoms with E-state index in [4.69, 9.17) is 14.2 Å². The second-order valence-electron chi connectivity index (χ2n) is 6.28. The van der Waals surface area contributed by atoms with E-state index in [0.717, 1.165) is 43.9 Å². The number of aliphatic imine (C=N–C) groups is 1. The summed E-state index contributed by atoms with van der Waals surface area (Å²) in [6.45, 7) is 5.50. The number of halogens is 1. The second kappa shape index (κ2) is 15.3. The third-order valence-electron chi connectivity index (χ3n) is 4.44. The number of allylic oxidation sites excluding steroid dienone is 1. The van der Waals surface area contributed by atoms with Crippen LogP contribution in [-0.2, 0) is 6.42 Å². The summed E-state index contributed by atoms with van der Waals surface area (Å²) < 4.78 is 16.3. The lowest BCUT2D eigenvalue weighted by atomic mass is 10.1. The highest BCUT2D eigenvalue weighted by molar-refractivity contribution is 14.0. The summed E-state index contributed by atoms with van der Waals surface area (Å²) in [5.74, 6) is 2.90. The SMILES string of the molecule is C=CCCCCCN(C)C(=NC)NCCc1ccc(OC)c(OC)c1OC.I. The number of nitrogens with zero attached hydrogens (tertiary/aromatic N) is 2. The molecule has 0 spiro atoms. The van der Waals surface area contributed by atoms with E-state index in [9.17, 15) is 0 Å². The van der Waals surface area contributed by atoms with Crippen molar-refractivity contribution in [3.05, 3.63) is 30.4 Å². The Bertz CT molecular complexity index is 609. The Morgan fingerprint density at radius 2 is 1.82 bits per heavy atom. The Balaban J connectivity index is 0.00000729. The summed E-state index contributed by atoms with van der Waals surface area (Å²) in [5.41, 5.74) is 1.06. The zero-order chi connectivity index (χ0) is 20.1. The van der Waals surface area contributed by atoms with Gasteiger partial charge in [-0.05, 0) is 31.7 Å². The third-order valence-corrected chi connectivity index (χ3v) is 4.44. The van der Waals surface area contributed by atoms with Gasteiger partial charge >= 0.3 is 0 Å². The molecule has 0 bridgehead atoms. The average Bonchev–Trinajstić information content (AvgIpc) is 2.70. The van der Waals surface area contributed by atoms with Crippen LogP contribution in [0.3, 0.4) is 0 Å². The highest BCUT2D eigenvalue weighted by Crippen LogP contribution is 2.39. The van der Waals surface area contributed by atoms with E-state index < -0.39 is 0 Å². The van der Waals surface area contributed by atoms with Crippen LogP contribution < -0.4 is 19.5 Å². The zero-order valence-corrected chi connectivity index (χ0v) is 20.2. The maximum absolute atomic E-state index is 5.55. The van der Waals surface area contributed by atoms with Crippen molar-refractivity contribution in [3.63, 3.8) is 0 Å². The molecule has 0 atom stereocenters. The van der Waals surface area contributed by atoms with Gasteiger partial charge in [-0.2, -0.15) is 0 Å². The van der Waals surface area contributed by atoms with Crippen LogP contribution in [0.2, 0.25) is 0 Å². The van der Waals surface area contributed by atoms with Gasteiger partial charge in [0.15, 0.2) is 17.5 Å². The van der Waals surface area contributed by atoms with Crippen LogP contribution in [-0.4, -0.2) is 59.4 Å². The van der Waals surface area contributed by atoms with Crippen LogP contribution in [0.15, 0.2) is 29.8 Å². The summed E-state index contributed by atoms with van der Waals surface area (Å²) in [6, 6.07) is 3.91. The van der Waals surface area contributed by atoms with Crippen molar-refractivity contribution < 1.29 is 14.2 Å². The van der Waals surface area contributed by atoms with Crippen molar-refractivity contribution in [1.82, 2.24) is 10.2 Å². The van der Waals surface area contributed by atoms with Crippen molar-refractivity contribution in [3.8, 4) is 17.2 Å². The number of unbranched alkanes of at least 4 members (excludes halogenated alkanes) is 3. The lowest BCUT2D eigenvalue weighted by Crippen LogP contribution is -2.40. The molecule has 1 aromatic rings. The standard InChI is InChI=1S/C21H35N3O3.HI/c1-7-8-9-10-11-16-24(3)21(22-2)23-15-14-17-12-13-18(25-4)20(27-6)19(17)26-5;/h7,12-13H,1,8-11,14-16H2,2-6H3,(H,22,23);1H. The van der Waals surface area contributed by atoms with Gasteiger partial charge in [-0.3, -0.25) is 4.99 Å². The summed E-state index contributed by atoms with van der Waals surface area (Å²) in [7, 11) is 8.77. The largest absolute Gasteiger partial charge is 0.493 e. The molecule has 1 N–H and O–H groups in total. The minimum atomic E-state index is 0. The molecule has 0 aliphatic heterocycles. The predicted molar refractivity (Wildman–Crippen MR) is 128 cm³/mol. The van der Waals surface area contributed by atoms with Crippen molar-refractivity contribution in [2.24, 2.45) is 4.99 Å². The first kappa shape index (κ1) is 26.4. The maximum atomic E-state index is 5.55. The van der Waals surface area contributed by atoms with Crippen LogP contribution in [0.1, 0.15) is 31.2 Å². The van der Waals surface area contributed by atoms with Gasteiger partial charge in [0, 0.05) is 32.7 Å². The number of nitrogens with one attached hydrogen (secondary N) is 1. The van der Waals surface area contributed by atoms with Crippen LogP contribution >= 0.6 is 24.0 Å². The van der Waals surface area contributed by atoms with Gasteiger partial charge in [-0.1, -0.05) is 18.6 Å². The van der Waals surface area contributed by atoms with E-state index >= 15 is 0 Å². The average molecular weight is 505 g/mol. The minimum absolute atomic E-state index is 0. The van der Waals surface area contributed by atoms with Crippen LogP contribution in [0.25, 0.3) is 0 Å². The van der Waals surface area contributed by atoms with Gasteiger partial charge in [0.05, 0.1) is 21.3 Å². The highest BCUT2D eigenvalue weighted by atomic mass is 127. The normalized spacial score (nSPS) is 10.7. The van der Waals surface area contributed by atoms with Gasteiger partial charge in [-0.15, -0.1) is 30.6 Å². The molecule has 0 saturated carbocycles. The quantitative estimate of drug-likeness (QED) is 0.152. The molecular formula is C21H36IN3O3. The minimum Gasteiger partial charge on any atom is -0.493 e. The molecule has 0 amide bonds. The first-order valence-electron chi connectivity index (χ1n) is 9.43. The molecule has 0 unspecified atom stereocenters. The smallest absolute Gasteiger partial charge is 0.203 e. The van der Waals surface area contributed by atoms with E-state index in [1.165, 1.54) is 12.8 Å². The number of ether oxygens (including phenoxy) is 3. The molecule has 0 aromatic heterocycles. The monoisotopic (exact) mass is 505 g/mol. The van der Waals surface area contributed by atoms with E-state index in [1.54, 1.807) is 21.3 Å². The molecule has 160 valence electrons. The molecule has 1 aromatic carbocycles. The summed E-state index contributed by atoms with van der Waals surface area (Å²) in [6.07, 6.45) is 7.40. The number of guanidine groups is 1. The molecule has 0 aliphatic rings.